The number of anilines is 1. The number of nitrogens with zero attached hydrogens (tertiary/aromatic N) is 3. The SMILES string of the molecule is CC(N(C)c1n[nH]c(=S)n1-c1ccccc1)C(C)(C)C. The average Bonchev–Trinajstić information content (AvgIpc) is 2.79. The molecular weight excluding hydrogens is 268 g/mol. The molecule has 0 aliphatic heterocycles. The van der Waals surface area contributed by atoms with Crippen molar-refractivity contribution < 1.29 is 0 Å². The third-order valence-electron chi connectivity index (χ3n) is 3.82. The molecule has 108 valence electrons. The van der Waals surface area contributed by atoms with Crippen LogP contribution in [0.25, 0.3) is 5.69 Å². The van der Waals surface area contributed by atoms with Gasteiger partial charge in [-0.05, 0) is 36.7 Å². The van der Waals surface area contributed by atoms with E-state index in [-0.39, 0.29) is 5.41 Å². The Morgan fingerprint density at radius 2 is 1.85 bits per heavy atom. The third kappa shape index (κ3) is 2.77. The smallest absolute Gasteiger partial charge is 0.230 e. The molecule has 2 aromatic rings. The van der Waals surface area contributed by atoms with Crippen molar-refractivity contribution >= 4 is 18.2 Å². The van der Waals surface area contributed by atoms with Crippen LogP contribution in [0.4, 0.5) is 5.95 Å². The molecule has 5 heteroatoms. The quantitative estimate of drug-likeness (QED) is 0.874. The van der Waals surface area contributed by atoms with Crippen LogP contribution in [0.3, 0.4) is 0 Å². The van der Waals surface area contributed by atoms with Gasteiger partial charge in [0.1, 0.15) is 0 Å². The lowest BCUT2D eigenvalue weighted by atomic mass is 9.87. The normalized spacial score (nSPS) is 13.2. The second-order valence-corrected chi connectivity index (χ2v) is 6.54. The summed E-state index contributed by atoms with van der Waals surface area (Å²) >= 11 is 5.37. The molecule has 0 saturated carbocycles. The Balaban J connectivity index is 2.48. The van der Waals surface area contributed by atoms with Crippen molar-refractivity contribution in [2.75, 3.05) is 11.9 Å². The molecule has 1 heterocycles. The lowest BCUT2D eigenvalue weighted by molar-refractivity contribution is 0.326. The number of nitrogens with one attached hydrogen (secondary N) is 1. The molecule has 0 radical (unpaired) electrons. The van der Waals surface area contributed by atoms with E-state index in [0.717, 1.165) is 11.6 Å². The van der Waals surface area contributed by atoms with Crippen molar-refractivity contribution in [2.45, 2.75) is 33.7 Å². The molecule has 0 bridgehead atoms. The number of hydrogen-bond donors (Lipinski definition) is 1. The standard InChI is InChI=1S/C15H22N4S/c1-11(15(2,3)4)18(5)13-16-17-14(20)19(13)12-9-7-6-8-10-12/h6-11H,1-5H3,(H,17,20). The number of rotatable bonds is 3. The number of H-pyrrole nitrogens is 1. The molecule has 0 aliphatic rings. The van der Waals surface area contributed by atoms with E-state index in [1.54, 1.807) is 0 Å². The Kier molecular flexibility index (Phi) is 3.99. The summed E-state index contributed by atoms with van der Waals surface area (Å²) in [5, 5.41) is 7.30. The number of benzene rings is 1. The summed E-state index contributed by atoms with van der Waals surface area (Å²) in [6, 6.07) is 10.4. The summed E-state index contributed by atoms with van der Waals surface area (Å²) in [6.45, 7) is 8.87. The van der Waals surface area contributed by atoms with Gasteiger partial charge >= 0.3 is 0 Å². The van der Waals surface area contributed by atoms with Crippen molar-refractivity contribution in [3.8, 4) is 5.69 Å². The molecule has 1 aromatic carbocycles. The van der Waals surface area contributed by atoms with Gasteiger partial charge < -0.3 is 4.90 Å². The molecule has 0 aliphatic carbocycles. The van der Waals surface area contributed by atoms with Crippen molar-refractivity contribution in [3.63, 3.8) is 0 Å². The van der Waals surface area contributed by atoms with Gasteiger partial charge in [0.05, 0.1) is 5.69 Å². The zero-order valence-electron chi connectivity index (χ0n) is 12.7. The predicted octanol–water partition coefficient (Wildman–Crippen LogP) is 3.80. The first kappa shape index (κ1) is 14.8. The van der Waals surface area contributed by atoms with Crippen LogP contribution in [0.5, 0.6) is 0 Å². The third-order valence-corrected chi connectivity index (χ3v) is 4.09. The molecule has 0 fully saturated rings. The molecule has 0 spiro atoms. The van der Waals surface area contributed by atoms with Gasteiger partial charge in [-0.15, -0.1) is 5.10 Å². The summed E-state index contributed by atoms with van der Waals surface area (Å²) in [6.07, 6.45) is 0. The molecule has 1 aromatic heterocycles. The van der Waals surface area contributed by atoms with E-state index in [2.05, 4.69) is 49.8 Å². The highest BCUT2D eigenvalue weighted by Gasteiger charge is 2.27. The minimum atomic E-state index is 0.157. The first-order chi connectivity index (χ1) is 9.32. The summed E-state index contributed by atoms with van der Waals surface area (Å²) in [4.78, 5) is 2.17. The number of aromatic amines is 1. The molecule has 1 N–H and O–H groups in total. The summed E-state index contributed by atoms with van der Waals surface area (Å²) in [5.41, 5.74) is 1.18. The van der Waals surface area contributed by atoms with Crippen LogP contribution >= 0.6 is 12.2 Å². The van der Waals surface area contributed by atoms with Crippen LogP contribution in [0.2, 0.25) is 0 Å². The van der Waals surface area contributed by atoms with Gasteiger partial charge in [-0.1, -0.05) is 39.0 Å². The maximum absolute atomic E-state index is 5.37. The fourth-order valence-corrected chi connectivity index (χ4v) is 2.32. The summed E-state index contributed by atoms with van der Waals surface area (Å²) < 4.78 is 2.58. The van der Waals surface area contributed by atoms with E-state index < -0.39 is 0 Å². The monoisotopic (exact) mass is 290 g/mol. The second-order valence-electron chi connectivity index (χ2n) is 6.15. The van der Waals surface area contributed by atoms with Gasteiger partial charge in [0.25, 0.3) is 0 Å². The first-order valence-electron chi connectivity index (χ1n) is 6.78. The Labute approximate surface area is 125 Å². The van der Waals surface area contributed by atoms with Gasteiger partial charge in [-0.2, -0.15) is 0 Å². The molecule has 0 saturated heterocycles. The minimum absolute atomic E-state index is 0.157. The van der Waals surface area contributed by atoms with Gasteiger partial charge in [0.2, 0.25) is 10.7 Å². The highest BCUT2D eigenvalue weighted by molar-refractivity contribution is 7.71. The van der Waals surface area contributed by atoms with E-state index in [0.29, 0.717) is 10.8 Å². The van der Waals surface area contributed by atoms with Crippen molar-refractivity contribution in [1.29, 1.82) is 0 Å². The summed E-state index contributed by atoms with van der Waals surface area (Å²) in [5.74, 6) is 0.837. The zero-order chi connectivity index (χ0) is 14.9. The van der Waals surface area contributed by atoms with Crippen LogP contribution < -0.4 is 4.90 Å². The molecule has 0 amide bonds. The Morgan fingerprint density at radius 3 is 2.40 bits per heavy atom. The Morgan fingerprint density at radius 1 is 1.25 bits per heavy atom. The lowest BCUT2D eigenvalue weighted by Gasteiger charge is -2.35. The molecule has 1 unspecified atom stereocenters. The van der Waals surface area contributed by atoms with E-state index in [4.69, 9.17) is 12.2 Å². The zero-order valence-corrected chi connectivity index (χ0v) is 13.5. The molecule has 1 atom stereocenters. The maximum atomic E-state index is 5.37. The highest BCUT2D eigenvalue weighted by atomic mass is 32.1. The van der Waals surface area contributed by atoms with E-state index in [1.165, 1.54) is 0 Å². The van der Waals surface area contributed by atoms with Gasteiger partial charge in [0, 0.05) is 13.1 Å². The lowest BCUT2D eigenvalue weighted by Crippen LogP contribution is -2.40. The van der Waals surface area contributed by atoms with Gasteiger partial charge in [-0.25, -0.2) is 5.10 Å². The van der Waals surface area contributed by atoms with Crippen LogP contribution in [-0.2, 0) is 0 Å². The van der Waals surface area contributed by atoms with E-state index in [9.17, 15) is 0 Å². The van der Waals surface area contributed by atoms with Crippen molar-refractivity contribution in [1.82, 2.24) is 14.8 Å². The number of hydrogen-bond acceptors (Lipinski definition) is 3. The minimum Gasteiger partial charge on any atom is -0.340 e. The van der Waals surface area contributed by atoms with Gasteiger partial charge in [-0.3, -0.25) is 4.57 Å². The van der Waals surface area contributed by atoms with Gasteiger partial charge in [0.15, 0.2) is 0 Å². The highest BCUT2D eigenvalue weighted by Crippen LogP contribution is 2.27. The summed E-state index contributed by atoms with van der Waals surface area (Å²) in [7, 11) is 2.06. The Hall–Kier alpha value is -1.62. The molecule has 20 heavy (non-hydrogen) atoms. The first-order valence-corrected chi connectivity index (χ1v) is 7.19. The predicted molar refractivity (Wildman–Crippen MR) is 86.1 cm³/mol. The molecule has 2 rings (SSSR count). The van der Waals surface area contributed by atoms with E-state index in [1.807, 2.05) is 34.9 Å². The maximum Gasteiger partial charge on any atom is 0.230 e. The van der Waals surface area contributed by atoms with E-state index >= 15 is 0 Å². The fourth-order valence-electron chi connectivity index (χ4n) is 2.09. The Bertz CT molecular complexity index is 621. The largest absolute Gasteiger partial charge is 0.340 e. The van der Waals surface area contributed by atoms with Crippen LogP contribution in [0, 0.1) is 10.2 Å². The van der Waals surface area contributed by atoms with Crippen LogP contribution in [0.1, 0.15) is 27.7 Å². The second kappa shape index (κ2) is 5.40. The number of para-hydroxylation sites is 1. The molecular formula is C15H22N4S. The fraction of sp³-hybridized carbons (Fsp3) is 0.467. The molecule has 4 nitrogen and oxygen atoms in total. The average molecular weight is 290 g/mol. The topological polar surface area (TPSA) is 36.9 Å². The van der Waals surface area contributed by atoms with Crippen LogP contribution in [-0.4, -0.2) is 27.9 Å². The van der Waals surface area contributed by atoms with Crippen molar-refractivity contribution in [3.05, 3.63) is 35.1 Å². The van der Waals surface area contributed by atoms with Crippen molar-refractivity contribution in [2.24, 2.45) is 5.41 Å². The number of aromatic nitrogens is 3. The van der Waals surface area contributed by atoms with Crippen LogP contribution in [0.15, 0.2) is 30.3 Å².